The fraction of sp³-hybridized carbons (Fsp3) is 0.333. The summed E-state index contributed by atoms with van der Waals surface area (Å²) in [6, 6.07) is 8.42. The van der Waals surface area contributed by atoms with Crippen LogP contribution in [0.1, 0.15) is 24.1 Å². The Balaban J connectivity index is 2.03. The molecule has 0 bridgehead atoms. The number of ether oxygens (including phenoxy) is 2. The van der Waals surface area contributed by atoms with Crippen molar-refractivity contribution in [1.29, 1.82) is 0 Å². The van der Waals surface area contributed by atoms with Gasteiger partial charge in [0.2, 0.25) is 0 Å². The number of hydrogen-bond acceptors (Lipinski definition) is 4. The summed E-state index contributed by atoms with van der Waals surface area (Å²) < 4.78 is 11.5. The minimum absolute atomic E-state index is 0.160. The lowest BCUT2D eigenvalue weighted by atomic mass is 9.99. The van der Waals surface area contributed by atoms with Gasteiger partial charge in [0.1, 0.15) is 13.2 Å². The van der Waals surface area contributed by atoms with Gasteiger partial charge in [0.25, 0.3) is 0 Å². The minimum Gasteiger partial charge on any atom is -0.486 e. The highest BCUT2D eigenvalue weighted by molar-refractivity contribution is 7.08. The highest BCUT2D eigenvalue weighted by atomic mass is 32.1. The summed E-state index contributed by atoms with van der Waals surface area (Å²) in [5.74, 6) is 1.73. The molecule has 1 aromatic heterocycles. The van der Waals surface area contributed by atoms with Crippen molar-refractivity contribution < 1.29 is 9.47 Å². The number of para-hydroxylation sites is 1. The highest BCUT2D eigenvalue weighted by Crippen LogP contribution is 2.39. The molecule has 1 aliphatic rings. The maximum absolute atomic E-state index is 5.82. The Labute approximate surface area is 117 Å². The molecule has 1 unspecified atom stereocenters. The molecule has 3 nitrogen and oxygen atoms in total. The van der Waals surface area contributed by atoms with Gasteiger partial charge in [-0.15, -0.1) is 0 Å². The molecule has 0 radical (unpaired) electrons. The molecule has 1 aliphatic heterocycles. The van der Waals surface area contributed by atoms with E-state index >= 15 is 0 Å². The lowest BCUT2D eigenvalue weighted by Gasteiger charge is -2.25. The van der Waals surface area contributed by atoms with Gasteiger partial charge in [0.15, 0.2) is 11.5 Å². The SMILES string of the molecule is CCNC(c1ccsc1)c1cccc2c1OCCO2. The standard InChI is InChI=1S/C15H17NO2S/c1-2-16-14(11-6-9-19-10-11)12-4-3-5-13-15(12)18-8-7-17-13/h3-6,9-10,14,16H,2,7-8H2,1H3. The smallest absolute Gasteiger partial charge is 0.166 e. The van der Waals surface area contributed by atoms with E-state index in [1.807, 2.05) is 12.1 Å². The van der Waals surface area contributed by atoms with E-state index in [4.69, 9.17) is 9.47 Å². The second-order valence-electron chi connectivity index (χ2n) is 4.42. The first-order valence-electron chi connectivity index (χ1n) is 6.54. The summed E-state index contributed by atoms with van der Waals surface area (Å²) >= 11 is 1.71. The van der Waals surface area contributed by atoms with Gasteiger partial charge in [0, 0.05) is 5.56 Å². The average molecular weight is 275 g/mol. The van der Waals surface area contributed by atoms with Crippen LogP contribution in [0.3, 0.4) is 0 Å². The van der Waals surface area contributed by atoms with Crippen LogP contribution in [0.5, 0.6) is 11.5 Å². The van der Waals surface area contributed by atoms with E-state index in [2.05, 4.69) is 35.1 Å². The summed E-state index contributed by atoms with van der Waals surface area (Å²) in [5, 5.41) is 7.80. The van der Waals surface area contributed by atoms with Crippen LogP contribution in [-0.2, 0) is 0 Å². The molecule has 100 valence electrons. The normalized spacial score (nSPS) is 15.2. The molecule has 0 amide bonds. The monoisotopic (exact) mass is 275 g/mol. The minimum atomic E-state index is 0.160. The van der Waals surface area contributed by atoms with E-state index in [1.165, 1.54) is 5.56 Å². The van der Waals surface area contributed by atoms with Crippen LogP contribution in [0.25, 0.3) is 0 Å². The van der Waals surface area contributed by atoms with Crippen LogP contribution < -0.4 is 14.8 Å². The van der Waals surface area contributed by atoms with Crippen molar-refractivity contribution >= 4 is 11.3 Å². The fourth-order valence-electron chi connectivity index (χ4n) is 2.37. The fourth-order valence-corrected chi connectivity index (χ4v) is 3.06. The Morgan fingerprint density at radius 2 is 2.16 bits per heavy atom. The average Bonchev–Trinajstić information content (AvgIpc) is 2.98. The van der Waals surface area contributed by atoms with Crippen LogP contribution in [0.2, 0.25) is 0 Å². The zero-order valence-corrected chi connectivity index (χ0v) is 11.7. The van der Waals surface area contributed by atoms with Crippen molar-refractivity contribution in [2.45, 2.75) is 13.0 Å². The summed E-state index contributed by atoms with van der Waals surface area (Å²) in [6.45, 7) is 4.27. The first-order chi connectivity index (χ1) is 9.40. The molecule has 1 N–H and O–H groups in total. The number of fused-ring (bicyclic) bond motifs is 1. The molecule has 2 heterocycles. The first-order valence-corrected chi connectivity index (χ1v) is 7.48. The van der Waals surface area contributed by atoms with E-state index < -0.39 is 0 Å². The molecule has 0 fully saturated rings. The molecule has 0 saturated carbocycles. The lowest BCUT2D eigenvalue weighted by Crippen LogP contribution is -2.24. The van der Waals surface area contributed by atoms with E-state index in [0.29, 0.717) is 13.2 Å². The Morgan fingerprint density at radius 1 is 1.26 bits per heavy atom. The molecule has 19 heavy (non-hydrogen) atoms. The van der Waals surface area contributed by atoms with Crippen molar-refractivity contribution in [1.82, 2.24) is 5.32 Å². The van der Waals surface area contributed by atoms with Gasteiger partial charge in [-0.25, -0.2) is 0 Å². The highest BCUT2D eigenvalue weighted by Gasteiger charge is 2.22. The zero-order valence-electron chi connectivity index (χ0n) is 10.9. The van der Waals surface area contributed by atoms with Crippen LogP contribution in [-0.4, -0.2) is 19.8 Å². The molecular formula is C15H17NO2S. The van der Waals surface area contributed by atoms with E-state index in [1.54, 1.807) is 11.3 Å². The zero-order chi connectivity index (χ0) is 13.1. The second-order valence-corrected chi connectivity index (χ2v) is 5.20. The number of nitrogens with one attached hydrogen (secondary N) is 1. The molecule has 2 aromatic rings. The van der Waals surface area contributed by atoms with Crippen molar-refractivity contribution in [2.24, 2.45) is 0 Å². The third-order valence-corrected chi connectivity index (χ3v) is 3.89. The number of rotatable bonds is 4. The maximum atomic E-state index is 5.82. The number of hydrogen-bond donors (Lipinski definition) is 1. The quantitative estimate of drug-likeness (QED) is 0.929. The van der Waals surface area contributed by atoms with Crippen LogP contribution in [0.4, 0.5) is 0 Å². The van der Waals surface area contributed by atoms with Gasteiger partial charge in [-0.05, 0) is 35.0 Å². The van der Waals surface area contributed by atoms with Crippen LogP contribution >= 0.6 is 11.3 Å². The third kappa shape index (κ3) is 2.46. The topological polar surface area (TPSA) is 30.5 Å². The predicted octanol–water partition coefficient (Wildman–Crippen LogP) is 3.22. The third-order valence-electron chi connectivity index (χ3n) is 3.19. The van der Waals surface area contributed by atoms with Gasteiger partial charge in [-0.3, -0.25) is 0 Å². The first kappa shape index (κ1) is 12.5. The summed E-state index contributed by atoms with van der Waals surface area (Å²) in [7, 11) is 0. The molecule has 0 spiro atoms. The largest absolute Gasteiger partial charge is 0.486 e. The van der Waals surface area contributed by atoms with Gasteiger partial charge in [-0.1, -0.05) is 19.1 Å². The Kier molecular flexibility index (Phi) is 3.71. The lowest BCUT2D eigenvalue weighted by molar-refractivity contribution is 0.169. The Bertz CT molecular complexity index is 539. The van der Waals surface area contributed by atoms with Gasteiger partial charge < -0.3 is 14.8 Å². The summed E-state index contributed by atoms with van der Waals surface area (Å²) in [4.78, 5) is 0. The molecule has 3 rings (SSSR count). The van der Waals surface area contributed by atoms with Gasteiger partial charge in [0.05, 0.1) is 6.04 Å². The molecule has 0 saturated heterocycles. The van der Waals surface area contributed by atoms with E-state index in [-0.39, 0.29) is 6.04 Å². The molecule has 1 atom stereocenters. The Morgan fingerprint density at radius 3 is 2.95 bits per heavy atom. The van der Waals surface area contributed by atoms with E-state index in [9.17, 15) is 0 Å². The van der Waals surface area contributed by atoms with Gasteiger partial charge in [-0.2, -0.15) is 11.3 Å². The molecule has 1 aromatic carbocycles. The number of thiophene rings is 1. The number of benzene rings is 1. The molecule has 0 aliphatic carbocycles. The molecule has 4 heteroatoms. The van der Waals surface area contributed by atoms with Crippen molar-refractivity contribution in [3.63, 3.8) is 0 Å². The van der Waals surface area contributed by atoms with Crippen molar-refractivity contribution in [3.05, 3.63) is 46.2 Å². The summed E-state index contributed by atoms with van der Waals surface area (Å²) in [5.41, 5.74) is 2.42. The Hall–Kier alpha value is -1.52. The van der Waals surface area contributed by atoms with Gasteiger partial charge >= 0.3 is 0 Å². The molecular weight excluding hydrogens is 258 g/mol. The van der Waals surface area contributed by atoms with Crippen molar-refractivity contribution in [3.8, 4) is 11.5 Å². The predicted molar refractivity (Wildman–Crippen MR) is 77.3 cm³/mol. The van der Waals surface area contributed by atoms with Crippen LogP contribution in [0.15, 0.2) is 35.0 Å². The van der Waals surface area contributed by atoms with Crippen LogP contribution in [0, 0.1) is 0 Å². The second kappa shape index (κ2) is 5.63. The maximum Gasteiger partial charge on any atom is 0.166 e. The van der Waals surface area contributed by atoms with E-state index in [0.717, 1.165) is 23.6 Å². The van der Waals surface area contributed by atoms with Crippen molar-refractivity contribution in [2.75, 3.05) is 19.8 Å². The summed E-state index contributed by atoms with van der Waals surface area (Å²) in [6.07, 6.45) is 0.